The number of benzene rings is 3. The highest BCUT2D eigenvalue weighted by Gasteiger charge is 2.45. The van der Waals surface area contributed by atoms with E-state index in [2.05, 4.69) is 18.2 Å². The van der Waals surface area contributed by atoms with Crippen LogP contribution in [0.3, 0.4) is 0 Å². The van der Waals surface area contributed by atoms with Gasteiger partial charge < -0.3 is 14.6 Å². The number of carbonyl (C=O) groups is 1. The largest absolute Gasteiger partial charge is 0.497 e. The van der Waals surface area contributed by atoms with Crippen LogP contribution in [0.1, 0.15) is 30.1 Å². The lowest BCUT2D eigenvalue weighted by atomic mass is 9.95. The number of carbonyl (C=O) groups excluding carboxylic acids is 1. The number of hydrogen-bond acceptors (Lipinski definition) is 4. The molecule has 0 aliphatic carbocycles. The molecule has 1 aliphatic rings. The van der Waals surface area contributed by atoms with E-state index >= 15 is 0 Å². The molecule has 3 aromatic rings. The van der Waals surface area contributed by atoms with Gasteiger partial charge in [0.2, 0.25) is 0 Å². The van der Waals surface area contributed by atoms with Crippen molar-refractivity contribution in [2.24, 2.45) is 0 Å². The number of fused-ring (bicyclic) bond motifs is 1. The Balaban J connectivity index is 1.77. The zero-order valence-electron chi connectivity index (χ0n) is 15.9. The number of methoxy groups -OCH3 is 1. The van der Waals surface area contributed by atoms with E-state index in [0.717, 1.165) is 27.6 Å². The van der Waals surface area contributed by atoms with Gasteiger partial charge in [-0.2, -0.15) is 0 Å². The Morgan fingerprint density at radius 3 is 2.50 bits per heavy atom. The zero-order chi connectivity index (χ0) is 19.7. The minimum Gasteiger partial charge on any atom is -0.497 e. The molecule has 0 radical (unpaired) electrons. The molecular formula is C23H23NO4. The van der Waals surface area contributed by atoms with Gasteiger partial charge in [0.15, 0.2) is 6.10 Å². The summed E-state index contributed by atoms with van der Waals surface area (Å²) in [5.41, 5.74) is 1.95. The fraction of sp³-hybridized carbons (Fsp3) is 0.261. The van der Waals surface area contributed by atoms with Crippen LogP contribution in [0.5, 0.6) is 5.75 Å². The van der Waals surface area contributed by atoms with E-state index in [1.807, 2.05) is 55.5 Å². The van der Waals surface area contributed by atoms with Crippen molar-refractivity contribution in [3.63, 3.8) is 0 Å². The third kappa shape index (κ3) is 3.08. The standard InChI is InChI=1S/C23H23NO4/c1-15(19-9-5-7-16-6-3-4-8-20(16)19)24-22(21(14-25)28-23(24)26)17-10-12-18(27-2)13-11-17/h3-13,15,21-22,25H,14H2,1-2H3/t15-,21-,22+/m1/s1. The van der Waals surface area contributed by atoms with Crippen LogP contribution < -0.4 is 4.74 Å². The monoisotopic (exact) mass is 377 g/mol. The molecule has 1 aliphatic heterocycles. The number of hydrogen-bond donors (Lipinski definition) is 1. The molecule has 0 aromatic heterocycles. The van der Waals surface area contributed by atoms with Gasteiger partial charge in [-0.3, -0.25) is 4.90 Å². The quantitative estimate of drug-likeness (QED) is 0.713. The van der Waals surface area contributed by atoms with Crippen molar-refractivity contribution < 1.29 is 19.4 Å². The van der Waals surface area contributed by atoms with Crippen molar-refractivity contribution in [1.82, 2.24) is 4.90 Å². The highest BCUT2D eigenvalue weighted by molar-refractivity contribution is 5.86. The van der Waals surface area contributed by atoms with Gasteiger partial charge in [0, 0.05) is 0 Å². The van der Waals surface area contributed by atoms with Gasteiger partial charge in [0.25, 0.3) is 0 Å². The van der Waals surface area contributed by atoms with E-state index in [4.69, 9.17) is 9.47 Å². The van der Waals surface area contributed by atoms with Crippen LogP contribution in [0.25, 0.3) is 10.8 Å². The van der Waals surface area contributed by atoms with Gasteiger partial charge in [0.05, 0.1) is 19.8 Å². The number of rotatable bonds is 5. The first-order valence-corrected chi connectivity index (χ1v) is 9.35. The van der Waals surface area contributed by atoms with Crippen LogP contribution in [0.4, 0.5) is 4.79 Å². The molecule has 3 atom stereocenters. The number of amides is 1. The van der Waals surface area contributed by atoms with Crippen molar-refractivity contribution in [2.45, 2.75) is 25.1 Å². The maximum atomic E-state index is 12.8. The number of cyclic esters (lactones) is 1. The Kier molecular flexibility index (Phi) is 4.92. The smallest absolute Gasteiger partial charge is 0.411 e. The first-order valence-electron chi connectivity index (χ1n) is 9.35. The fourth-order valence-electron chi connectivity index (χ4n) is 4.02. The Morgan fingerprint density at radius 1 is 1.07 bits per heavy atom. The van der Waals surface area contributed by atoms with Gasteiger partial charge in [-0.05, 0) is 41.0 Å². The average molecular weight is 377 g/mol. The van der Waals surface area contributed by atoms with Crippen LogP contribution in [0.2, 0.25) is 0 Å². The van der Waals surface area contributed by atoms with Crippen LogP contribution in [0, 0.1) is 0 Å². The Labute approximate surface area is 164 Å². The number of ether oxygens (including phenoxy) is 2. The molecule has 0 spiro atoms. The predicted molar refractivity (Wildman–Crippen MR) is 107 cm³/mol. The van der Waals surface area contributed by atoms with Gasteiger partial charge >= 0.3 is 6.09 Å². The molecule has 3 aromatic carbocycles. The first kappa shape index (κ1) is 18.3. The molecule has 1 fully saturated rings. The van der Waals surface area contributed by atoms with E-state index < -0.39 is 12.2 Å². The van der Waals surface area contributed by atoms with E-state index in [9.17, 15) is 9.90 Å². The highest BCUT2D eigenvalue weighted by atomic mass is 16.6. The lowest BCUT2D eigenvalue weighted by Crippen LogP contribution is -2.33. The molecule has 4 rings (SSSR count). The van der Waals surface area contributed by atoms with Crippen molar-refractivity contribution in [2.75, 3.05) is 13.7 Å². The number of nitrogens with zero attached hydrogens (tertiary/aromatic N) is 1. The van der Waals surface area contributed by atoms with Crippen molar-refractivity contribution in [1.29, 1.82) is 0 Å². The lowest BCUT2D eigenvalue weighted by molar-refractivity contribution is 0.0825. The molecule has 0 saturated carbocycles. The fourth-order valence-corrected chi connectivity index (χ4v) is 4.02. The summed E-state index contributed by atoms with van der Waals surface area (Å²) < 4.78 is 10.7. The van der Waals surface area contributed by atoms with Gasteiger partial charge in [0.1, 0.15) is 11.8 Å². The van der Waals surface area contributed by atoms with E-state index in [1.54, 1.807) is 12.0 Å². The van der Waals surface area contributed by atoms with Crippen molar-refractivity contribution >= 4 is 16.9 Å². The number of aliphatic hydroxyl groups excluding tert-OH is 1. The average Bonchev–Trinajstić information content (AvgIpc) is 3.09. The van der Waals surface area contributed by atoms with Crippen LogP contribution in [-0.4, -0.2) is 35.9 Å². The molecule has 28 heavy (non-hydrogen) atoms. The van der Waals surface area contributed by atoms with Gasteiger partial charge in [-0.1, -0.05) is 54.6 Å². The highest BCUT2D eigenvalue weighted by Crippen LogP contribution is 2.41. The summed E-state index contributed by atoms with van der Waals surface area (Å²) in [5, 5.41) is 12.1. The first-order chi connectivity index (χ1) is 13.6. The second-order valence-electron chi connectivity index (χ2n) is 6.97. The molecular weight excluding hydrogens is 354 g/mol. The third-order valence-corrected chi connectivity index (χ3v) is 5.44. The van der Waals surface area contributed by atoms with E-state index in [0.29, 0.717) is 0 Å². The van der Waals surface area contributed by atoms with Crippen LogP contribution >= 0.6 is 0 Å². The molecule has 1 N–H and O–H groups in total. The topological polar surface area (TPSA) is 59.0 Å². The normalized spacial score (nSPS) is 20.2. The number of aliphatic hydroxyl groups is 1. The van der Waals surface area contributed by atoms with Crippen molar-refractivity contribution in [3.8, 4) is 5.75 Å². The zero-order valence-corrected chi connectivity index (χ0v) is 15.9. The maximum Gasteiger partial charge on any atom is 0.411 e. The molecule has 1 saturated heterocycles. The van der Waals surface area contributed by atoms with Crippen molar-refractivity contribution in [3.05, 3.63) is 77.9 Å². The SMILES string of the molecule is COc1ccc([C@H]2[C@@H](CO)OC(=O)N2[C@H](C)c2cccc3ccccc23)cc1. The minimum absolute atomic E-state index is 0.220. The molecule has 5 heteroatoms. The summed E-state index contributed by atoms with van der Waals surface area (Å²) in [6.07, 6.45) is -1.03. The summed E-state index contributed by atoms with van der Waals surface area (Å²) >= 11 is 0. The molecule has 1 heterocycles. The lowest BCUT2D eigenvalue weighted by Gasteiger charge is -2.31. The third-order valence-electron chi connectivity index (χ3n) is 5.44. The Hall–Kier alpha value is -3.05. The molecule has 1 amide bonds. The molecule has 5 nitrogen and oxygen atoms in total. The Bertz CT molecular complexity index is 980. The summed E-state index contributed by atoms with van der Waals surface area (Å²) in [4.78, 5) is 14.5. The molecule has 0 bridgehead atoms. The molecule has 0 unspecified atom stereocenters. The summed E-state index contributed by atoms with van der Waals surface area (Å²) in [6.45, 7) is 1.76. The minimum atomic E-state index is -0.613. The Morgan fingerprint density at radius 2 is 1.79 bits per heavy atom. The summed E-state index contributed by atoms with van der Waals surface area (Å²) in [6, 6.07) is 21.2. The van der Waals surface area contributed by atoms with Gasteiger partial charge in [-0.15, -0.1) is 0 Å². The summed E-state index contributed by atoms with van der Waals surface area (Å²) in [7, 11) is 1.61. The second-order valence-corrected chi connectivity index (χ2v) is 6.97. The second kappa shape index (κ2) is 7.52. The van der Waals surface area contributed by atoms with E-state index in [1.165, 1.54) is 0 Å². The predicted octanol–water partition coefficient (Wildman–Crippen LogP) is 4.46. The van der Waals surface area contributed by atoms with Gasteiger partial charge in [-0.25, -0.2) is 4.79 Å². The summed E-state index contributed by atoms with van der Waals surface area (Å²) in [5.74, 6) is 0.739. The maximum absolute atomic E-state index is 12.8. The molecule has 144 valence electrons. The van der Waals surface area contributed by atoms with Crippen LogP contribution in [0.15, 0.2) is 66.7 Å². The van der Waals surface area contributed by atoms with E-state index in [-0.39, 0.29) is 18.7 Å². The van der Waals surface area contributed by atoms with Crippen LogP contribution in [-0.2, 0) is 4.74 Å².